The summed E-state index contributed by atoms with van der Waals surface area (Å²) >= 11 is 0. The Kier molecular flexibility index (Phi) is 3.73. The Morgan fingerprint density at radius 3 is 2.44 bits per heavy atom. The Morgan fingerprint density at radius 1 is 1.78 bits per heavy atom. The first-order valence-electron chi connectivity index (χ1n) is 2.57. The first-order valence-corrected chi connectivity index (χ1v) is 2.57. The zero-order chi connectivity index (χ0) is 6.15. The molecule has 0 radical (unpaired) electrons. The fourth-order valence-corrected chi connectivity index (χ4v) is 0.738. The van der Waals surface area contributed by atoms with Crippen LogP contribution in [0, 0.1) is 11.8 Å². The molecule has 9 heavy (non-hydrogen) atoms. The van der Waals surface area contributed by atoms with Crippen LogP contribution in [0.1, 0.15) is 6.42 Å². The molecule has 0 heterocycles. The van der Waals surface area contributed by atoms with Crippen molar-refractivity contribution in [2.24, 2.45) is 11.8 Å². The molecule has 1 fully saturated rings. The molecule has 1 saturated carbocycles. The minimum Gasteiger partial charge on any atom is -0.550 e. The number of carbonyl (C=O) groups excluding carboxylic acids is 1. The number of aliphatic carboxylic acids is 1. The second-order valence-electron chi connectivity index (χ2n) is 2.10. The van der Waals surface area contributed by atoms with E-state index in [4.69, 9.17) is 5.11 Å². The third kappa shape index (κ3) is 2.26. The van der Waals surface area contributed by atoms with Crippen molar-refractivity contribution in [1.82, 2.24) is 0 Å². The van der Waals surface area contributed by atoms with Crippen molar-refractivity contribution in [2.75, 3.05) is 6.61 Å². The van der Waals surface area contributed by atoms with Gasteiger partial charge in [-0.25, -0.2) is 0 Å². The number of carboxylic acids is 1. The summed E-state index contributed by atoms with van der Waals surface area (Å²) in [5, 5.41) is 18.2. The van der Waals surface area contributed by atoms with Gasteiger partial charge in [0.1, 0.15) is 0 Å². The Bertz CT molecular complexity index is 115. The molecule has 0 aromatic heterocycles. The number of hydrogen-bond acceptors (Lipinski definition) is 3. The van der Waals surface area contributed by atoms with E-state index in [2.05, 4.69) is 0 Å². The van der Waals surface area contributed by atoms with E-state index in [1.807, 2.05) is 0 Å². The summed E-state index contributed by atoms with van der Waals surface area (Å²) in [5.74, 6) is -1.40. The second kappa shape index (κ2) is 3.56. The van der Waals surface area contributed by atoms with E-state index in [1.165, 1.54) is 0 Å². The Hall–Kier alpha value is 0.430. The van der Waals surface area contributed by atoms with E-state index in [0.717, 1.165) is 0 Å². The third-order valence-electron chi connectivity index (χ3n) is 1.46. The molecule has 0 bridgehead atoms. The van der Waals surface area contributed by atoms with Gasteiger partial charge in [-0.05, 0) is 12.3 Å². The summed E-state index contributed by atoms with van der Waals surface area (Å²) in [6.45, 7) is -0.0152. The summed E-state index contributed by atoms with van der Waals surface area (Å²) in [6.07, 6.45) is 0.596. The van der Waals surface area contributed by atoms with Crippen LogP contribution in [0.5, 0.6) is 0 Å². The van der Waals surface area contributed by atoms with Gasteiger partial charge in [-0.1, -0.05) is 0 Å². The average molecular weight is 138 g/mol. The van der Waals surface area contributed by atoms with Crippen molar-refractivity contribution >= 4 is 5.97 Å². The molecule has 0 amide bonds. The molecule has 2 atom stereocenters. The Labute approximate surface area is 75.4 Å². The molecule has 0 saturated heterocycles. The van der Waals surface area contributed by atoms with Crippen molar-refractivity contribution in [3.8, 4) is 0 Å². The van der Waals surface area contributed by atoms with Gasteiger partial charge in [-0.3, -0.25) is 0 Å². The van der Waals surface area contributed by atoms with Gasteiger partial charge in [0.2, 0.25) is 0 Å². The third-order valence-corrected chi connectivity index (χ3v) is 1.46. The van der Waals surface area contributed by atoms with Crippen LogP contribution in [0.3, 0.4) is 0 Å². The molecule has 2 unspecified atom stereocenters. The predicted molar refractivity (Wildman–Crippen MR) is 23.7 cm³/mol. The number of aliphatic hydroxyl groups excluding tert-OH is 1. The van der Waals surface area contributed by atoms with E-state index in [0.29, 0.717) is 6.42 Å². The molecule has 1 aliphatic rings. The summed E-state index contributed by atoms with van der Waals surface area (Å²) in [4.78, 5) is 9.91. The molecule has 0 aromatic rings. The topological polar surface area (TPSA) is 60.4 Å². The van der Waals surface area contributed by atoms with Gasteiger partial charge in [0.05, 0.1) is 0 Å². The van der Waals surface area contributed by atoms with E-state index in [9.17, 15) is 9.90 Å². The van der Waals surface area contributed by atoms with Gasteiger partial charge in [-0.15, -0.1) is 0 Å². The molecule has 1 aliphatic carbocycles. The van der Waals surface area contributed by atoms with E-state index >= 15 is 0 Å². The van der Waals surface area contributed by atoms with Gasteiger partial charge in [0, 0.05) is 18.5 Å². The van der Waals surface area contributed by atoms with Crippen LogP contribution >= 0.6 is 0 Å². The maximum Gasteiger partial charge on any atom is 1.00 e. The maximum atomic E-state index is 9.91. The quantitative estimate of drug-likeness (QED) is 0.390. The zero-order valence-electron chi connectivity index (χ0n) is 5.33. The Balaban J connectivity index is 0.000000640. The van der Waals surface area contributed by atoms with Crippen LogP contribution in [0.25, 0.3) is 0 Å². The van der Waals surface area contributed by atoms with E-state index in [-0.39, 0.29) is 48.0 Å². The fourth-order valence-electron chi connectivity index (χ4n) is 0.738. The van der Waals surface area contributed by atoms with Crippen molar-refractivity contribution in [3.63, 3.8) is 0 Å². The molecule has 0 spiro atoms. The second-order valence-corrected chi connectivity index (χ2v) is 2.10. The van der Waals surface area contributed by atoms with Crippen LogP contribution < -0.4 is 34.7 Å². The van der Waals surface area contributed by atoms with E-state index in [1.54, 1.807) is 0 Å². The van der Waals surface area contributed by atoms with Gasteiger partial charge in [-0.2, -0.15) is 0 Å². The van der Waals surface area contributed by atoms with Crippen LogP contribution in [-0.2, 0) is 4.79 Å². The summed E-state index contributed by atoms with van der Waals surface area (Å²) in [7, 11) is 0. The first kappa shape index (κ1) is 9.43. The number of aliphatic hydroxyl groups is 1. The smallest absolute Gasteiger partial charge is 0.550 e. The van der Waals surface area contributed by atoms with Crippen molar-refractivity contribution in [3.05, 3.63) is 0 Å². The normalized spacial score (nSPS) is 30.8. The van der Waals surface area contributed by atoms with E-state index < -0.39 is 5.97 Å². The standard InChI is InChI=1S/C5H8O3.Na/c6-2-3-1-4(3)5(7)8;/h3-4,6H,1-2H2,(H,7,8);/q;+1/p-1. The SMILES string of the molecule is O=C([O-])C1CC1CO.[Na+]. The molecule has 0 aromatic carbocycles. The van der Waals surface area contributed by atoms with Gasteiger partial charge in [0.15, 0.2) is 0 Å². The van der Waals surface area contributed by atoms with Crippen LogP contribution in [0.15, 0.2) is 0 Å². The summed E-state index contributed by atoms with van der Waals surface area (Å²) in [5.41, 5.74) is 0. The van der Waals surface area contributed by atoms with Crippen LogP contribution in [0.2, 0.25) is 0 Å². The number of carbonyl (C=O) groups is 1. The summed E-state index contributed by atoms with van der Waals surface area (Å²) in [6, 6.07) is 0. The van der Waals surface area contributed by atoms with Crippen molar-refractivity contribution in [2.45, 2.75) is 6.42 Å². The first-order chi connectivity index (χ1) is 3.75. The minimum atomic E-state index is -1.02. The molecular formula is C5H7NaO3. The predicted octanol–water partition coefficient (Wildman–Crippen LogP) is -4.63. The molecule has 46 valence electrons. The van der Waals surface area contributed by atoms with Crippen molar-refractivity contribution < 1.29 is 44.6 Å². The number of hydrogen-bond donors (Lipinski definition) is 1. The minimum absolute atomic E-state index is 0. The molecule has 4 heteroatoms. The number of rotatable bonds is 2. The zero-order valence-corrected chi connectivity index (χ0v) is 7.33. The fraction of sp³-hybridized carbons (Fsp3) is 0.800. The summed E-state index contributed by atoms with van der Waals surface area (Å²) < 4.78 is 0. The van der Waals surface area contributed by atoms with Crippen molar-refractivity contribution in [1.29, 1.82) is 0 Å². The maximum absolute atomic E-state index is 9.91. The van der Waals surface area contributed by atoms with Gasteiger partial charge < -0.3 is 15.0 Å². The molecule has 1 N–H and O–H groups in total. The van der Waals surface area contributed by atoms with Gasteiger partial charge >= 0.3 is 29.6 Å². The van der Waals surface area contributed by atoms with Gasteiger partial charge in [0.25, 0.3) is 0 Å². The average Bonchev–Trinajstić information content (AvgIpc) is 2.42. The molecular weight excluding hydrogens is 131 g/mol. The van der Waals surface area contributed by atoms with Crippen LogP contribution in [0.4, 0.5) is 0 Å². The number of carboxylic acid groups (broad SMARTS) is 1. The monoisotopic (exact) mass is 138 g/mol. The molecule has 3 nitrogen and oxygen atoms in total. The van der Waals surface area contributed by atoms with Crippen LogP contribution in [-0.4, -0.2) is 17.7 Å². The largest absolute Gasteiger partial charge is 1.00 e. The molecule has 1 rings (SSSR count). The molecule has 0 aliphatic heterocycles. The Morgan fingerprint density at radius 2 is 2.33 bits per heavy atom.